The lowest BCUT2D eigenvalue weighted by molar-refractivity contribution is 0.105. The Morgan fingerprint density at radius 1 is 1.00 bits per heavy atom. The van der Waals surface area contributed by atoms with Crippen molar-refractivity contribution in [3.63, 3.8) is 0 Å². The van der Waals surface area contributed by atoms with Gasteiger partial charge in [0.15, 0.2) is 0 Å². The fourth-order valence-electron chi connectivity index (χ4n) is 3.78. The summed E-state index contributed by atoms with van der Waals surface area (Å²) in [6.07, 6.45) is 3.94. The Balaban J connectivity index is 1.92. The van der Waals surface area contributed by atoms with E-state index < -0.39 is 0 Å². The summed E-state index contributed by atoms with van der Waals surface area (Å²) in [5.41, 5.74) is 2.69. The molecule has 2 aromatic rings. The van der Waals surface area contributed by atoms with Crippen LogP contribution in [0.3, 0.4) is 0 Å². The van der Waals surface area contributed by atoms with E-state index in [0.717, 1.165) is 19.4 Å². The number of aliphatic hydroxyl groups excluding tert-OH is 1. The second kappa shape index (κ2) is 7.76. The van der Waals surface area contributed by atoms with Crippen LogP contribution >= 0.6 is 0 Å². The molecule has 1 fully saturated rings. The first-order chi connectivity index (χ1) is 11.3. The third-order valence-electron chi connectivity index (χ3n) is 5.00. The molecule has 1 aliphatic heterocycles. The van der Waals surface area contributed by atoms with E-state index in [4.69, 9.17) is 0 Å². The van der Waals surface area contributed by atoms with Crippen LogP contribution in [0, 0.1) is 0 Å². The van der Waals surface area contributed by atoms with E-state index in [2.05, 4.69) is 72.5 Å². The van der Waals surface area contributed by atoms with Crippen LogP contribution < -0.4 is 0 Å². The maximum atomic E-state index is 10.1. The average Bonchev–Trinajstić information content (AvgIpc) is 3.05. The SMILES string of the molecule is CCC(O)CC1CCCN1C(c1ccccc1)c1ccccc1. The Kier molecular flexibility index (Phi) is 5.47. The molecule has 2 nitrogen and oxygen atoms in total. The minimum atomic E-state index is -0.187. The lowest BCUT2D eigenvalue weighted by Crippen LogP contribution is -2.36. The van der Waals surface area contributed by atoms with Crippen molar-refractivity contribution in [1.29, 1.82) is 0 Å². The summed E-state index contributed by atoms with van der Waals surface area (Å²) in [4.78, 5) is 2.60. The van der Waals surface area contributed by atoms with E-state index in [1.54, 1.807) is 0 Å². The minimum Gasteiger partial charge on any atom is -0.393 e. The fourth-order valence-corrected chi connectivity index (χ4v) is 3.78. The van der Waals surface area contributed by atoms with Gasteiger partial charge in [-0.3, -0.25) is 4.90 Å². The topological polar surface area (TPSA) is 23.5 Å². The van der Waals surface area contributed by atoms with E-state index in [0.29, 0.717) is 6.04 Å². The van der Waals surface area contributed by atoms with E-state index in [9.17, 15) is 5.11 Å². The summed E-state index contributed by atoms with van der Waals surface area (Å²) < 4.78 is 0. The first-order valence-electron chi connectivity index (χ1n) is 8.83. The van der Waals surface area contributed by atoms with E-state index in [1.807, 2.05) is 0 Å². The maximum Gasteiger partial charge on any atom is 0.0604 e. The molecule has 2 atom stereocenters. The number of rotatable bonds is 6. The average molecular weight is 309 g/mol. The highest BCUT2D eigenvalue weighted by Crippen LogP contribution is 2.36. The summed E-state index contributed by atoms with van der Waals surface area (Å²) in [5, 5.41) is 10.1. The van der Waals surface area contributed by atoms with E-state index >= 15 is 0 Å². The van der Waals surface area contributed by atoms with Crippen molar-refractivity contribution in [2.75, 3.05) is 6.54 Å². The molecule has 0 spiro atoms. The van der Waals surface area contributed by atoms with Gasteiger partial charge in [-0.1, -0.05) is 67.6 Å². The zero-order valence-corrected chi connectivity index (χ0v) is 13.9. The molecule has 2 heteroatoms. The van der Waals surface area contributed by atoms with Gasteiger partial charge in [-0.2, -0.15) is 0 Å². The second-order valence-corrected chi connectivity index (χ2v) is 6.56. The monoisotopic (exact) mass is 309 g/mol. The molecular weight excluding hydrogens is 282 g/mol. The standard InChI is InChI=1S/C21H27NO/c1-2-20(23)16-19-14-9-15-22(19)21(17-10-5-3-6-11-17)18-12-7-4-8-13-18/h3-8,10-13,19-21,23H,2,9,14-16H2,1H3. The molecule has 0 bridgehead atoms. The van der Waals surface area contributed by atoms with Crippen molar-refractivity contribution in [1.82, 2.24) is 4.90 Å². The van der Waals surface area contributed by atoms with Gasteiger partial charge in [0.25, 0.3) is 0 Å². The quantitative estimate of drug-likeness (QED) is 0.855. The third kappa shape index (κ3) is 3.82. The highest BCUT2D eigenvalue weighted by Gasteiger charge is 2.33. The van der Waals surface area contributed by atoms with Crippen molar-refractivity contribution in [3.8, 4) is 0 Å². The summed E-state index contributed by atoms with van der Waals surface area (Å²) in [6.45, 7) is 3.17. The smallest absolute Gasteiger partial charge is 0.0604 e. The summed E-state index contributed by atoms with van der Waals surface area (Å²) in [7, 11) is 0. The number of hydrogen-bond donors (Lipinski definition) is 1. The first kappa shape index (κ1) is 16.2. The molecule has 0 amide bonds. The van der Waals surface area contributed by atoms with Gasteiger partial charge in [-0.25, -0.2) is 0 Å². The summed E-state index contributed by atoms with van der Waals surface area (Å²) in [6, 6.07) is 22.3. The molecule has 3 rings (SSSR count). The number of likely N-dealkylation sites (tertiary alicyclic amines) is 1. The molecule has 0 saturated carbocycles. The van der Waals surface area contributed by atoms with Crippen LogP contribution in [0.5, 0.6) is 0 Å². The highest BCUT2D eigenvalue weighted by atomic mass is 16.3. The fraction of sp³-hybridized carbons (Fsp3) is 0.429. The molecule has 1 aliphatic rings. The van der Waals surface area contributed by atoms with Crippen molar-refractivity contribution in [2.45, 2.75) is 50.8 Å². The third-order valence-corrected chi connectivity index (χ3v) is 5.00. The van der Waals surface area contributed by atoms with Crippen molar-refractivity contribution in [2.24, 2.45) is 0 Å². The Morgan fingerprint density at radius 3 is 2.09 bits per heavy atom. The number of benzene rings is 2. The number of nitrogens with zero attached hydrogens (tertiary/aromatic N) is 1. The molecule has 0 aliphatic carbocycles. The normalized spacial score (nSPS) is 20.0. The molecule has 1 N–H and O–H groups in total. The van der Waals surface area contributed by atoms with Crippen molar-refractivity contribution in [3.05, 3.63) is 71.8 Å². The maximum absolute atomic E-state index is 10.1. The zero-order chi connectivity index (χ0) is 16.1. The van der Waals surface area contributed by atoms with E-state index in [-0.39, 0.29) is 12.1 Å². The van der Waals surface area contributed by atoms with Crippen molar-refractivity contribution >= 4 is 0 Å². The van der Waals surface area contributed by atoms with Gasteiger partial charge in [-0.15, -0.1) is 0 Å². The van der Waals surface area contributed by atoms with Gasteiger partial charge in [0.1, 0.15) is 0 Å². The van der Waals surface area contributed by atoms with Gasteiger partial charge in [0.2, 0.25) is 0 Å². The molecule has 23 heavy (non-hydrogen) atoms. The van der Waals surface area contributed by atoms with Crippen LogP contribution in [0.1, 0.15) is 49.8 Å². The van der Waals surface area contributed by atoms with Gasteiger partial charge in [0.05, 0.1) is 12.1 Å². The van der Waals surface area contributed by atoms with Crippen LogP contribution in [-0.4, -0.2) is 28.7 Å². The zero-order valence-electron chi connectivity index (χ0n) is 13.9. The predicted molar refractivity (Wildman–Crippen MR) is 95.4 cm³/mol. The predicted octanol–water partition coefficient (Wildman–Crippen LogP) is 4.40. The highest BCUT2D eigenvalue weighted by molar-refractivity contribution is 5.32. The van der Waals surface area contributed by atoms with Crippen molar-refractivity contribution < 1.29 is 5.11 Å². The largest absolute Gasteiger partial charge is 0.393 e. The Morgan fingerprint density at radius 2 is 1.57 bits per heavy atom. The minimum absolute atomic E-state index is 0.187. The van der Waals surface area contributed by atoms with Crippen LogP contribution in [0.25, 0.3) is 0 Å². The molecule has 2 unspecified atom stereocenters. The Labute approximate surface area is 139 Å². The van der Waals surface area contributed by atoms with E-state index in [1.165, 1.54) is 24.0 Å². The van der Waals surface area contributed by atoms with Crippen LogP contribution in [0.4, 0.5) is 0 Å². The van der Waals surface area contributed by atoms with Gasteiger partial charge in [0, 0.05) is 6.04 Å². The lowest BCUT2D eigenvalue weighted by Gasteiger charge is -2.34. The molecule has 1 saturated heterocycles. The Hall–Kier alpha value is -1.64. The van der Waals surface area contributed by atoms with Gasteiger partial charge < -0.3 is 5.11 Å². The second-order valence-electron chi connectivity index (χ2n) is 6.56. The van der Waals surface area contributed by atoms with Crippen LogP contribution in [0.15, 0.2) is 60.7 Å². The molecule has 1 heterocycles. The van der Waals surface area contributed by atoms with Crippen LogP contribution in [0.2, 0.25) is 0 Å². The lowest BCUT2D eigenvalue weighted by atomic mass is 9.95. The number of aliphatic hydroxyl groups is 1. The molecular formula is C21H27NO. The summed E-state index contributed by atoms with van der Waals surface area (Å²) >= 11 is 0. The summed E-state index contributed by atoms with van der Waals surface area (Å²) in [5.74, 6) is 0. The van der Waals surface area contributed by atoms with Gasteiger partial charge >= 0.3 is 0 Å². The first-order valence-corrected chi connectivity index (χ1v) is 8.83. The molecule has 0 aromatic heterocycles. The molecule has 0 radical (unpaired) electrons. The molecule has 2 aromatic carbocycles. The van der Waals surface area contributed by atoms with Gasteiger partial charge in [-0.05, 0) is 43.4 Å². The molecule has 122 valence electrons. The number of hydrogen-bond acceptors (Lipinski definition) is 2. The van der Waals surface area contributed by atoms with Crippen LogP contribution in [-0.2, 0) is 0 Å². The Bertz CT molecular complexity index is 544.